The molecule has 0 aliphatic heterocycles. The van der Waals surface area contributed by atoms with Crippen LogP contribution in [-0.4, -0.2) is 35.3 Å². The molecule has 0 saturated carbocycles. The first-order valence-electron chi connectivity index (χ1n) is 6.88. The number of pyridine rings is 1. The molecule has 22 heavy (non-hydrogen) atoms. The Hall–Kier alpha value is -2.38. The first-order chi connectivity index (χ1) is 10.2. The van der Waals surface area contributed by atoms with Crippen LogP contribution in [0.2, 0.25) is 0 Å². The molecule has 8 nitrogen and oxygen atoms in total. The summed E-state index contributed by atoms with van der Waals surface area (Å²) in [6.45, 7) is 5.66. The van der Waals surface area contributed by atoms with Crippen molar-refractivity contribution in [1.82, 2.24) is 10.3 Å². The third-order valence-corrected chi connectivity index (χ3v) is 2.59. The average molecular weight is 311 g/mol. The van der Waals surface area contributed by atoms with Gasteiger partial charge in [-0.1, -0.05) is 0 Å². The number of methoxy groups -OCH3 is 1. The van der Waals surface area contributed by atoms with Crippen molar-refractivity contribution in [2.75, 3.05) is 13.7 Å². The molecule has 1 rings (SSSR count). The number of amides is 1. The topological polar surface area (TPSA) is 104 Å². The summed E-state index contributed by atoms with van der Waals surface area (Å²) in [4.78, 5) is 26.0. The Morgan fingerprint density at radius 2 is 2.09 bits per heavy atom. The van der Waals surface area contributed by atoms with Gasteiger partial charge >= 0.3 is 6.09 Å². The molecule has 0 aliphatic rings. The highest BCUT2D eigenvalue weighted by Gasteiger charge is 2.17. The fraction of sp³-hybridized carbons (Fsp3) is 0.571. The normalized spacial score (nSPS) is 10.9. The maximum atomic E-state index is 11.5. The largest absolute Gasteiger partial charge is 0.481 e. The second-order valence-electron chi connectivity index (χ2n) is 5.61. The van der Waals surface area contributed by atoms with Gasteiger partial charge in [-0.2, -0.15) is 0 Å². The van der Waals surface area contributed by atoms with Gasteiger partial charge in [0.15, 0.2) is 0 Å². The molecule has 8 heteroatoms. The molecule has 0 unspecified atom stereocenters. The Bertz CT molecular complexity index is 540. The lowest BCUT2D eigenvalue weighted by molar-refractivity contribution is -0.386. The number of carbonyl (C=O) groups is 1. The molecule has 0 spiro atoms. The van der Waals surface area contributed by atoms with E-state index in [2.05, 4.69) is 10.3 Å². The number of hydrogen-bond acceptors (Lipinski definition) is 6. The lowest BCUT2D eigenvalue weighted by Gasteiger charge is -2.19. The van der Waals surface area contributed by atoms with E-state index in [9.17, 15) is 14.9 Å². The molecule has 1 aromatic heterocycles. The number of alkyl carbamates (subject to hydrolysis) is 1. The number of aromatic nitrogens is 1. The van der Waals surface area contributed by atoms with Crippen LogP contribution < -0.4 is 10.1 Å². The van der Waals surface area contributed by atoms with E-state index < -0.39 is 16.6 Å². The number of hydrogen-bond donors (Lipinski definition) is 1. The van der Waals surface area contributed by atoms with E-state index in [1.165, 1.54) is 19.2 Å². The summed E-state index contributed by atoms with van der Waals surface area (Å²) < 4.78 is 10.1. The lowest BCUT2D eigenvalue weighted by Crippen LogP contribution is -2.33. The van der Waals surface area contributed by atoms with E-state index in [0.717, 1.165) is 0 Å². The number of nitro groups is 1. The minimum absolute atomic E-state index is 0.0573. The summed E-state index contributed by atoms with van der Waals surface area (Å²) in [5, 5.41) is 13.6. The monoisotopic (exact) mass is 311 g/mol. The Morgan fingerprint density at radius 3 is 2.64 bits per heavy atom. The summed E-state index contributed by atoms with van der Waals surface area (Å²) >= 11 is 0. The van der Waals surface area contributed by atoms with Crippen molar-refractivity contribution < 1.29 is 19.2 Å². The maximum absolute atomic E-state index is 11.5. The first kappa shape index (κ1) is 17.7. The summed E-state index contributed by atoms with van der Waals surface area (Å²) in [6, 6.07) is 2.81. The molecule has 0 aliphatic carbocycles. The summed E-state index contributed by atoms with van der Waals surface area (Å²) in [6.07, 6.45) is 0.337. The molecule has 0 aromatic carbocycles. The summed E-state index contributed by atoms with van der Waals surface area (Å²) in [5.74, 6) is 0.320. The van der Waals surface area contributed by atoms with E-state index >= 15 is 0 Å². The number of carbonyl (C=O) groups excluding carboxylic acids is 1. The third-order valence-electron chi connectivity index (χ3n) is 2.59. The standard InChI is InChI=1S/C14H21N3O5/c1-14(2,3)22-13(18)15-9-5-6-10-11(17(19)20)7-8-12(16-10)21-4/h7-8H,5-6,9H2,1-4H3,(H,15,18). The van der Waals surface area contributed by atoms with E-state index in [1.807, 2.05) is 0 Å². The van der Waals surface area contributed by atoms with Crippen molar-refractivity contribution in [3.05, 3.63) is 27.9 Å². The van der Waals surface area contributed by atoms with Gasteiger partial charge in [-0.15, -0.1) is 0 Å². The summed E-state index contributed by atoms with van der Waals surface area (Å²) in [5.41, 5.74) is -0.287. The molecule has 0 radical (unpaired) electrons. The van der Waals surface area contributed by atoms with Gasteiger partial charge in [0.2, 0.25) is 5.88 Å². The molecule has 1 heterocycles. The number of ether oxygens (including phenoxy) is 2. The van der Waals surface area contributed by atoms with Gasteiger partial charge in [0.25, 0.3) is 5.69 Å². The highest BCUT2D eigenvalue weighted by atomic mass is 16.6. The van der Waals surface area contributed by atoms with Crippen LogP contribution in [0, 0.1) is 10.1 Å². The predicted octanol–water partition coefficient (Wildman–Crippen LogP) is 2.46. The third kappa shape index (κ3) is 5.94. The molecular formula is C14H21N3O5. The zero-order chi connectivity index (χ0) is 16.8. The van der Waals surface area contributed by atoms with Crippen molar-refractivity contribution in [1.29, 1.82) is 0 Å². The molecule has 1 N–H and O–H groups in total. The van der Waals surface area contributed by atoms with Crippen molar-refractivity contribution in [2.24, 2.45) is 0 Å². The average Bonchev–Trinajstić information content (AvgIpc) is 2.41. The number of aryl methyl sites for hydroxylation is 1. The number of rotatable bonds is 6. The van der Waals surface area contributed by atoms with Gasteiger partial charge in [0, 0.05) is 18.7 Å². The Labute approximate surface area is 129 Å². The first-order valence-corrected chi connectivity index (χ1v) is 6.88. The van der Waals surface area contributed by atoms with Crippen LogP contribution in [0.15, 0.2) is 12.1 Å². The smallest absolute Gasteiger partial charge is 0.407 e. The quantitative estimate of drug-likeness (QED) is 0.491. The van der Waals surface area contributed by atoms with Crippen LogP contribution in [0.3, 0.4) is 0 Å². The van der Waals surface area contributed by atoms with Crippen molar-refractivity contribution in [3.63, 3.8) is 0 Å². The van der Waals surface area contributed by atoms with Crippen molar-refractivity contribution >= 4 is 11.8 Å². The van der Waals surface area contributed by atoms with Crippen LogP contribution >= 0.6 is 0 Å². The van der Waals surface area contributed by atoms with E-state index in [-0.39, 0.29) is 5.69 Å². The predicted molar refractivity (Wildman–Crippen MR) is 80.0 cm³/mol. The minimum atomic E-state index is -0.558. The van der Waals surface area contributed by atoms with Gasteiger partial charge in [-0.3, -0.25) is 10.1 Å². The van der Waals surface area contributed by atoms with E-state index in [1.54, 1.807) is 20.8 Å². The van der Waals surface area contributed by atoms with Gasteiger partial charge in [0.05, 0.1) is 12.0 Å². The highest BCUT2D eigenvalue weighted by molar-refractivity contribution is 5.67. The number of nitrogens with one attached hydrogen (secondary N) is 1. The summed E-state index contributed by atoms with van der Waals surface area (Å²) in [7, 11) is 1.45. The molecule has 0 fully saturated rings. The van der Waals surface area contributed by atoms with Crippen molar-refractivity contribution in [2.45, 2.75) is 39.2 Å². The lowest BCUT2D eigenvalue weighted by atomic mass is 10.2. The van der Waals surface area contributed by atoms with E-state index in [4.69, 9.17) is 9.47 Å². The second-order valence-corrected chi connectivity index (χ2v) is 5.61. The molecule has 0 atom stereocenters. The van der Waals surface area contributed by atoms with Crippen molar-refractivity contribution in [3.8, 4) is 5.88 Å². The number of nitrogens with zero attached hydrogens (tertiary/aromatic N) is 2. The fourth-order valence-corrected chi connectivity index (χ4v) is 1.70. The van der Waals surface area contributed by atoms with Gasteiger partial charge < -0.3 is 14.8 Å². The molecule has 0 saturated heterocycles. The molecule has 0 bridgehead atoms. The van der Waals surface area contributed by atoms with Crippen LogP contribution in [0.1, 0.15) is 32.9 Å². The Balaban J connectivity index is 2.54. The van der Waals surface area contributed by atoms with Crippen LogP contribution in [0.4, 0.5) is 10.5 Å². The van der Waals surface area contributed by atoms with Crippen LogP contribution in [0.5, 0.6) is 5.88 Å². The highest BCUT2D eigenvalue weighted by Crippen LogP contribution is 2.21. The van der Waals surface area contributed by atoms with Gasteiger partial charge in [0.1, 0.15) is 11.3 Å². The fourth-order valence-electron chi connectivity index (χ4n) is 1.70. The molecule has 1 aromatic rings. The maximum Gasteiger partial charge on any atom is 0.407 e. The molecular weight excluding hydrogens is 290 g/mol. The SMILES string of the molecule is COc1ccc([N+](=O)[O-])c(CCCNC(=O)OC(C)(C)C)n1. The second kappa shape index (κ2) is 7.58. The zero-order valence-electron chi connectivity index (χ0n) is 13.2. The van der Waals surface area contributed by atoms with Gasteiger partial charge in [-0.05, 0) is 33.6 Å². The van der Waals surface area contributed by atoms with Gasteiger partial charge in [-0.25, -0.2) is 9.78 Å². The van der Waals surface area contributed by atoms with Crippen LogP contribution in [0.25, 0.3) is 0 Å². The minimum Gasteiger partial charge on any atom is -0.481 e. The van der Waals surface area contributed by atoms with E-state index in [0.29, 0.717) is 31.0 Å². The zero-order valence-corrected chi connectivity index (χ0v) is 13.2. The van der Waals surface area contributed by atoms with Crippen LogP contribution in [-0.2, 0) is 11.2 Å². The Kier molecular flexibility index (Phi) is 6.09. The molecule has 1 amide bonds. The Morgan fingerprint density at radius 1 is 1.41 bits per heavy atom. The molecule has 122 valence electrons.